The summed E-state index contributed by atoms with van der Waals surface area (Å²) in [5.41, 5.74) is 14.2. The van der Waals surface area contributed by atoms with Crippen LogP contribution in [-0.2, 0) is 7.05 Å². The zero-order valence-corrected chi connectivity index (χ0v) is 21.6. The van der Waals surface area contributed by atoms with Crippen molar-refractivity contribution in [2.45, 2.75) is 20.8 Å². The van der Waals surface area contributed by atoms with Crippen LogP contribution in [0.15, 0.2) is 97.1 Å². The Balaban J connectivity index is 1.68. The Labute approximate surface area is 216 Å². The van der Waals surface area contributed by atoms with Gasteiger partial charge in [0.25, 0.3) is 5.65 Å². The number of rotatable bonds is 2. The summed E-state index contributed by atoms with van der Waals surface area (Å²) in [5, 5.41) is 2.42. The van der Waals surface area contributed by atoms with Gasteiger partial charge >= 0.3 is 0 Å². The minimum Gasteiger partial charge on any atom is -0.247 e. The Hall–Kier alpha value is -4.50. The average Bonchev–Trinajstić information content (AvgIpc) is 3.21. The van der Waals surface area contributed by atoms with E-state index in [1.165, 1.54) is 66.4 Å². The highest BCUT2D eigenvalue weighted by atomic mass is 15.1. The summed E-state index contributed by atoms with van der Waals surface area (Å²) in [5.74, 6) is 0. The summed E-state index contributed by atoms with van der Waals surface area (Å²) < 4.78 is 4.73. The summed E-state index contributed by atoms with van der Waals surface area (Å²) in [4.78, 5) is 5.48. The van der Waals surface area contributed by atoms with Gasteiger partial charge in [0.2, 0.25) is 0 Å². The van der Waals surface area contributed by atoms with Crippen LogP contribution in [0, 0.1) is 20.8 Å². The first-order valence-corrected chi connectivity index (χ1v) is 12.8. The molecule has 0 N–H and O–H groups in total. The molecule has 3 aromatic heterocycles. The molecule has 7 aromatic rings. The van der Waals surface area contributed by atoms with E-state index in [1.807, 2.05) is 0 Å². The second-order valence-corrected chi connectivity index (χ2v) is 10.1. The lowest BCUT2D eigenvalue weighted by atomic mass is 9.92. The molecular formula is C34H28N3+. The van der Waals surface area contributed by atoms with Crippen LogP contribution < -0.4 is 4.57 Å². The number of imidazole rings is 1. The lowest BCUT2D eigenvalue weighted by Gasteiger charge is -2.15. The molecule has 0 amide bonds. The molecule has 4 aromatic carbocycles. The zero-order chi connectivity index (χ0) is 25.3. The van der Waals surface area contributed by atoms with E-state index in [0.717, 1.165) is 11.2 Å². The van der Waals surface area contributed by atoms with Crippen molar-refractivity contribution in [3.63, 3.8) is 0 Å². The quantitative estimate of drug-likeness (QED) is 0.183. The highest BCUT2D eigenvalue weighted by molar-refractivity contribution is 6.13. The van der Waals surface area contributed by atoms with Gasteiger partial charge < -0.3 is 0 Å². The maximum atomic E-state index is 5.48. The van der Waals surface area contributed by atoms with Crippen molar-refractivity contribution in [3.05, 3.63) is 114 Å². The summed E-state index contributed by atoms with van der Waals surface area (Å²) in [6.45, 7) is 6.62. The second-order valence-electron chi connectivity index (χ2n) is 10.1. The van der Waals surface area contributed by atoms with Crippen LogP contribution in [0.4, 0.5) is 0 Å². The molecule has 0 atom stereocenters. The van der Waals surface area contributed by atoms with Gasteiger partial charge in [-0.25, -0.2) is 9.55 Å². The van der Waals surface area contributed by atoms with Crippen LogP contribution >= 0.6 is 0 Å². The molecule has 0 aliphatic carbocycles. The molecule has 178 valence electrons. The van der Waals surface area contributed by atoms with E-state index < -0.39 is 0 Å². The van der Waals surface area contributed by atoms with Gasteiger partial charge in [-0.05, 0) is 72.9 Å². The SMILES string of the molecule is Cc1cccc(-c2ccccc2)c1-c1cc(C)c2c(n1)c1c(C)cccc1n1c3ccccc3[n+](C)c21. The number of benzene rings is 4. The molecule has 0 aliphatic rings. The maximum Gasteiger partial charge on any atom is 0.297 e. The summed E-state index contributed by atoms with van der Waals surface area (Å²) in [7, 11) is 2.17. The molecule has 0 radical (unpaired) electrons. The van der Waals surface area contributed by atoms with Crippen molar-refractivity contribution in [2.75, 3.05) is 0 Å². The molecule has 0 aliphatic heterocycles. The fraction of sp³-hybridized carbons (Fsp3) is 0.118. The number of fused-ring (bicyclic) bond motifs is 8. The molecule has 3 heterocycles. The number of hydrogen-bond donors (Lipinski definition) is 0. The van der Waals surface area contributed by atoms with E-state index in [4.69, 9.17) is 4.98 Å². The molecule has 3 nitrogen and oxygen atoms in total. The standard InChI is InChI=1S/C34H28N3/c1-21-12-10-16-25(24-14-6-5-7-15-24)30(21)26-20-23(3)32-33(35-26)31-22(2)13-11-19-29(31)37-28-18-9-8-17-27(28)36(4)34(32)37/h5-20H,1-4H3/q+1. The average molecular weight is 479 g/mol. The van der Waals surface area contributed by atoms with E-state index in [1.54, 1.807) is 0 Å². The summed E-state index contributed by atoms with van der Waals surface area (Å²) in [6.07, 6.45) is 0. The van der Waals surface area contributed by atoms with Gasteiger partial charge in [-0.3, -0.25) is 0 Å². The van der Waals surface area contributed by atoms with Gasteiger partial charge in [0.15, 0.2) is 11.0 Å². The number of hydrogen-bond acceptors (Lipinski definition) is 1. The smallest absolute Gasteiger partial charge is 0.247 e. The first-order valence-electron chi connectivity index (χ1n) is 12.8. The fourth-order valence-electron chi connectivity index (χ4n) is 6.12. The molecule has 0 saturated carbocycles. The molecule has 3 heteroatoms. The lowest BCUT2D eigenvalue weighted by Crippen LogP contribution is -2.27. The lowest BCUT2D eigenvalue weighted by molar-refractivity contribution is -0.617. The van der Waals surface area contributed by atoms with Crippen molar-refractivity contribution in [2.24, 2.45) is 7.05 Å². The van der Waals surface area contributed by atoms with E-state index >= 15 is 0 Å². The van der Waals surface area contributed by atoms with Crippen LogP contribution in [-0.4, -0.2) is 9.38 Å². The minimum absolute atomic E-state index is 1.02. The molecule has 0 bridgehead atoms. The van der Waals surface area contributed by atoms with Gasteiger partial charge in [0, 0.05) is 5.56 Å². The highest BCUT2D eigenvalue weighted by Gasteiger charge is 2.26. The third-order valence-corrected chi connectivity index (χ3v) is 7.80. The third-order valence-electron chi connectivity index (χ3n) is 7.80. The number of aromatic nitrogens is 3. The number of para-hydroxylation sites is 2. The van der Waals surface area contributed by atoms with Crippen molar-refractivity contribution in [1.82, 2.24) is 9.38 Å². The molecule has 0 unspecified atom stereocenters. The van der Waals surface area contributed by atoms with Crippen molar-refractivity contribution < 1.29 is 4.57 Å². The monoisotopic (exact) mass is 478 g/mol. The number of pyridine rings is 2. The van der Waals surface area contributed by atoms with Crippen LogP contribution in [0.25, 0.3) is 60.9 Å². The molecule has 7 rings (SSSR count). The van der Waals surface area contributed by atoms with Gasteiger partial charge in [-0.1, -0.05) is 72.8 Å². The van der Waals surface area contributed by atoms with Crippen molar-refractivity contribution in [3.8, 4) is 22.4 Å². The molecule has 0 fully saturated rings. The van der Waals surface area contributed by atoms with Gasteiger partial charge in [0.1, 0.15) is 5.52 Å². The van der Waals surface area contributed by atoms with E-state index in [-0.39, 0.29) is 0 Å². The zero-order valence-electron chi connectivity index (χ0n) is 21.6. The Kier molecular flexibility index (Phi) is 4.71. The molecular weight excluding hydrogens is 450 g/mol. The Morgan fingerprint density at radius 2 is 1.35 bits per heavy atom. The summed E-state index contributed by atoms with van der Waals surface area (Å²) in [6, 6.07) is 34.7. The van der Waals surface area contributed by atoms with Crippen LogP contribution in [0.5, 0.6) is 0 Å². The predicted octanol–water partition coefficient (Wildman–Crippen LogP) is 7.88. The molecule has 0 spiro atoms. The van der Waals surface area contributed by atoms with Gasteiger partial charge in [0.05, 0.1) is 29.0 Å². The normalized spacial score (nSPS) is 11.8. The van der Waals surface area contributed by atoms with E-state index in [0.29, 0.717) is 0 Å². The van der Waals surface area contributed by atoms with Gasteiger partial charge in [-0.15, -0.1) is 0 Å². The maximum absolute atomic E-state index is 5.48. The molecule has 0 saturated heterocycles. The number of nitrogens with zero attached hydrogens (tertiary/aromatic N) is 3. The van der Waals surface area contributed by atoms with Gasteiger partial charge in [-0.2, -0.15) is 4.40 Å². The van der Waals surface area contributed by atoms with Crippen molar-refractivity contribution in [1.29, 1.82) is 0 Å². The second kappa shape index (κ2) is 8.01. The van der Waals surface area contributed by atoms with Crippen molar-refractivity contribution >= 4 is 38.5 Å². The van der Waals surface area contributed by atoms with Crippen LogP contribution in [0.2, 0.25) is 0 Å². The summed E-state index contributed by atoms with van der Waals surface area (Å²) >= 11 is 0. The predicted molar refractivity (Wildman–Crippen MR) is 154 cm³/mol. The largest absolute Gasteiger partial charge is 0.297 e. The molecule has 37 heavy (non-hydrogen) atoms. The minimum atomic E-state index is 1.02. The van der Waals surface area contributed by atoms with E-state index in [9.17, 15) is 0 Å². The third kappa shape index (κ3) is 3.07. The Morgan fingerprint density at radius 1 is 0.649 bits per heavy atom. The highest BCUT2D eigenvalue weighted by Crippen LogP contribution is 2.39. The Morgan fingerprint density at radius 3 is 2.19 bits per heavy atom. The Bertz CT molecular complexity index is 2010. The van der Waals surface area contributed by atoms with Crippen LogP contribution in [0.3, 0.4) is 0 Å². The first-order chi connectivity index (χ1) is 18.0. The fourth-order valence-corrected chi connectivity index (χ4v) is 6.12. The van der Waals surface area contributed by atoms with E-state index in [2.05, 4.69) is 134 Å². The van der Waals surface area contributed by atoms with Crippen LogP contribution in [0.1, 0.15) is 16.7 Å². The first kappa shape index (κ1) is 21.8. The topological polar surface area (TPSA) is 21.2 Å². The number of aryl methyl sites for hydroxylation is 4.